The van der Waals surface area contributed by atoms with E-state index in [1.165, 1.54) is 12.3 Å². The molecule has 0 aliphatic carbocycles. The van der Waals surface area contributed by atoms with E-state index in [9.17, 15) is 19.7 Å². The fourth-order valence-electron chi connectivity index (χ4n) is 5.12. The zero-order valence-corrected chi connectivity index (χ0v) is 24.1. The molecule has 0 bridgehead atoms. The van der Waals surface area contributed by atoms with Crippen LogP contribution >= 0.6 is 15.9 Å². The number of piperidine rings is 1. The SMILES string of the molecule is CNc1cncc(C(=O)N2CC(Nc3c(C(=O)N4CCC(C)(C)CC4)cc(Br)cc3[N+](=O)[O-])C(C)(C)C2)c1. The van der Waals surface area contributed by atoms with Crippen LogP contribution in [-0.4, -0.2) is 70.8 Å². The van der Waals surface area contributed by atoms with Gasteiger partial charge in [0.1, 0.15) is 5.69 Å². The van der Waals surface area contributed by atoms with Crippen molar-refractivity contribution in [2.75, 3.05) is 43.9 Å². The lowest BCUT2D eigenvalue weighted by Gasteiger charge is -2.37. The number of benzene rings is 1. The van der Waals surface area contributed by atoms with Crippen LogP contribution in [0.4, 0.5) is 17.1 Å². The minimum absolute atomic E-state index is 0.160. The Morgan fingerprint density at radius 2 is 1.76 bits per heavy atom. The Hall–Kier alpha value is -3.21. The molecule has 38 heavy (non-hydrogen) atoms. The first-order valence-electron chi connectivity index (χ1n) is 12.8. The summed E-state index contributed by atoms with van der Waals surface area (Å²) >= 11 is 3.36. The van der Waals surface area contributed by atoms with Gasteiger partial charge in [0.2, 0.25) is 0 Å². The van der Waals surface area contributed by atoms with Gasteiger partial charge in [0.25, 0.3) is 17.5 Å². The molecule has 0 saturated carbocycles. The topological polar surface area (TPSA) is 121 Å². The summed E-state index contributed by atoms with van der Waals surface area (Å²) in [6, 6.07) is 4.49. The molecule has 2 aliphatic rings. The second kappa shape index (κ2) is 10.5. The second-order valence-corrected chi connectivity index (χ2v) is 12.6. The quantitative estimate of drug-likeness (QED) is 0.360. The lowest BCUT2D eigenvalue weighted by Crippen LogP contribution is -2.42. The molecule has 3 heterocycles. The first-order valence-corrected chi connectivity index (χ1v) is 13.6. The number of nitrogens with zero attached hydrogens (tertiary/aromatic N) is 4. The first-order chi connectivity index (χ1) is 17.8. The number of aromatic nitrogens is 1. The van der Waals surface area contributed by atoms with Gasteiger partial charge in [0, 0.05) is 61.6 Å². The molecule has 2 N–H and O–H groups in total. The van der Waals surface area contributed by atoms with Crippen molar-refractivity contribution in [1.82, 2.24) is 14.8 Å². The van der Waals surface area contributed by atoms with Crippen LogP contribution in [0.15, 0.2) is 35.1 Å². The molecular weight excluding hydrogens is 552 g/mol. The van der Waals surface area contributed by atoms with Crippen molar-refractivity contribution in [3.05, 3.63) is 56.3 Å². The summed E-state index contributed by atoms with van der Waals surface area (Å²) in [5.74, 6) is -0.393. The number of anilines is 2. The minimum Gasteiger partial charge on any atom is -0.387 e. The number of nitro groups is 1. The Bertz CT molecular complexity index is 1250. The van der Waals surface area contributed by atoms with Crippen LogP contribution in [-0.2, 0) is 0 Å². The Balaban J connectivity index is 1.64. The second-order valence-electron chi connectivity index (χ2n) is 11.6. The number of hydrogen-bond acceptors (Lipinski definition) is 7. The number of halogens is 1. The van der Waals surface area contributed by atoms with Crippen LogP contribution in [0.25, 0.3) is 0 Å². The Kier molecular flexibility index (Phi) is 7.69. The van der Waals surface area contributed by atoms with Gasteiger partial charge in [-0.2, -0.15) is 0 Å². The van der Waals surface area contributed by atoms with E-state index in [-0.39, 0.29) is 40.2 Å². The van der Waals surface area contributed by atoms with E-state index >= 15 is 0 Å². The molecule has 1 unspecified atom stereocenters. The van der Waals surface area contributed by atoms with E-state index in [1.54, 1.807) is 35.2 Å². The molecule has 204 valence electrons. The molecule has 2 saturated heterocycles. The molecule has 0 radical (unpaired) electrons. The third-order valence-corrected chi connectivity index (χ3v) is 8.20. The summed E-state index contributed by atoms with van der Waals surface area (Å²) in [6.45, 7) is 10.4. The lowest BCUT2D eigenvalue weighted by molar-refractivity contribution is -0.384. The number of pyridine rings is 1. The molecule has 2 aromatic rings. The number of rotatable bonds is 6. The van der Waals surface area contributed by atoms with Crippen molar-refractivity contribution in [2.24, 2.45) is 10.8 Å². The van der Waals surface area contributed by atoms with Crippen molar-refractivity contribution in [2.45, 2.75) is 46.6 Å². The van der Waals surface area contributed by atoms with Crippen LogP contribution in [0.1, 0.15) is 61.3 Å². The van der Waals surface area contributed by atoms with Gasteiger partial charge in [-0.3, -0.25) is 24.7 Å². The molecule has 10 nitrogen and oxygen atoms in total. The smallest absolute Gasteiger partial charge is 0.294 e. The zero-order chi connectivity index (χ0) is 27.8. The van der Waals surface area contributed by atoms with Crippen molar-refractivity contribution >= 4 is 44.8 Å². The largest absolute Gasteiger partial charge is 0.387 e. The number of nitro benzene ring substituents is 1. The van der Waals surface area contributed by atoms with Crippen molar-refractivity contribution < 1.29 is 14.5 Å². The van der Waals surface area contributed by atoms with E-state index in [2.05, 4.69) is 45.4 Å². The maximum Gasteiger partial charge on any atom is 0.294 e. The van der Waals surface area contributed by atoms with E-state index in [0.717, 1.165) is 18.5 Å². The maximum absolute atomic E-state index is 13.7. The molecule has 2 amide bonds. The third kappa shape index (κ3) is 5.77. The summed E-state index contributed by atoms with van der Waals surface area (Å²) in [7, 11) is 1.76. The standard InChI is InChI=1S/C27H35BrN6O4/c1-26(2)6-8-32(9-7-26)25(36)20-11-18(28)12-21(34(37)38)23(20)31-22-15-33(16-27(22,3)4)24(35)17-10-19(29-5)14-30-13-17/h10-14,22,29,31H,6-9,15-16H2,1-5H3. The zero-order valence-electron chi connectivity index (χ0n) is 22.5. The van der Waals surface area contributed by atoms with Crippen LogP contribution in [0.2, 0.25) is 0 Å². The predicted octanol–water partition coefficient (Wildman–Crippen LogP) is 5.02. The molecular formula is C27H35BrN6O4. The minimum atomic E-state index is -0.469. The third-order valence-electron chi connectivity index (χ3n) is 7.74. The highest BCUT2D eigenvalue weighted by Gasteiger charge is 2.43. The first kappa shape index (κ1) is 27.8. The van der Waals surface area contributed by atoms with Gasteiger partial charge in [0.05, 0.1) is 27.8 Å². The molecule has 1 atom stereocenters. The van der Waals surface area contributed by atoms with Gasteiger partial charge in [0.15, 0.2) is 0 Å². The molecule has 2 fully saturated rings. The van der Waals surface area contributed by atoms with E-state index in [1.807, 2.05) is 13.8 Å². The van der Waals surface area contributed by atoms with E-state index in [0.29, 0.717) is 36.2 Å². The number of amides is 2. The Labute approximate surface area is 231 Å². The van der Waals surface area contributed by atoms with Gasteiger partial charge in [-0.05, 0) is 30.4 Å². The summed E-state index contributed by atoms with van der Waals surface area (Å²) in [4.78, 5) is 46.3. The monoisotopic (exact) mass is 586 g/mol. The highest BCUT2D eigenvalue weighted by Crippen LogP contribution is 2.39. The maximum atomic E-state index is 13.7. The molecule has 4 rings (SSSR count). The van der Waals surface area contributed by atoms with Crippen LogP contribution in [0, 0.1) is 20.9 Å². The lowest BCUT2D eigenvalue weighted by atomic mass is 9.82. The van der Waals surface area contributed by atoms with Crippen LogP contribution in [0.3, 0.4) is 0 Å². The van der Waals surface area contributed by atoms with Gasteiger partial charge in [-0.25, -0.2) is 0 Å². The number of hydrogen-bond donors (Lipinski definition) is 2. The molecule has 1 aromatic carbocycles. The Morgan fingerprint density at radius 3 is 2.39 bits per heavy atom. The van der Waals surface area contributed by atoms with Gasteiger partial charge in [-0.15, -0.1) is 0 Å². The van der Waals surface area contributed by atoms with Crippen molar-refractivity contribution in [3.8, 4) is 0 Å². The summed E-state index contributed by atoms with van der Waals surface area (Å²) in [5.41, 5.74) is 1.22. The van der Waals surface area contributed by atoms with Gasteiger partial charge in [-0.1, -0.05) is 43.6 Å². The summed E-state index contributed by atoms with van der Waals surface area (Å²) in [6.07, 6.45) is 4.92. The predicted molar refractivity (Wildman–Crippen MR) is 151 cm³/mol. The fraction of sp³-hybridized carbons (Fsp3) is 0.519. The van der Waals surface area contributed by atoms with Crippen molar-refractivity contribution in [3.63, 3.8) is 0 Å². The highest BCUT2D eigenvalue weighted by molar-refractivity contribution is 9.10. The Morgan fingerprint density at radius 1 is 1.08 bits per heavy atom. The normalized spacial score (nSPS) is 20.2. The van der Waals surface area contributed by atoms with Crippen LogP contribution < -0.4 is 10.6 Å². The van der Waals surface area contributed by atoms with Crippen molar-refractivity contribution in [1.29, 1.82) is 0 Å². The average molecular weight is 588 g/mol. The van der Waals surface area contributed by atoms with Gasteiger partial charge >= 0.3 is 0 Å². The summed E-state index contributed by atoms with van der Waals surface area (Å²) < 4.78 is 0.467. The van der Waals surface area contributed by atoms with Gasteiger partial charge < -0.3 is 20.4 Å². The fourth-order valence-corrected chi connectivity index (χ4v) is 5.57. The molecule has 0 spiro atoms. The number of likely N-dealkylation sites (tertiary alicyclic amines) is 2. The van der Waals surface area contributed by atoms with E-state index in [4.69, 9.17) is 0 Å². The molecule has 1 aromatic heterocycles. The molecule has 11 heteroatoms. The summed E-state index contributed by atoms with van der Waals surface area (Å²) in [5, 5.41) is 18.4. The van der Waals surface area contributed by atoms with E-state index < -0.39 is 10.3 Å². The number of carbonyl (C=O) groups excluding carboxylic acids is 2. The average Bonchev–Trinajstić information content (AvgIpc) is 3.17. The highest BCUT2D eigenvalue weighted by atomic mass is 79.9. The molecule has 2 aliphatic heterocycles. The number of nitrogens with one attached hydrogen (secondary N) is 2. The number of carbonyl (C=O) groups is 2. The van der Waals surface area contributed by atoms with Crippen LogP contribution in [0.5, 0.6) is 0 Å².